The topological polar surface area (TPSA) is 41.6 Å². The molecule has 0 aliphatic carbocycles. The Labute approximate surface area is 101 Å². The van der Waals surface area contributed by atoms with E-state index in [1.54, 1.807) is 0 Å². The fraction of sp³-hybridized carbons (Fsp3) is 0.286. The number of benzene rings is 1. The molecule has 2 rings (SSSR count). The van der Waals surface area contributed by atoms with Crippen molar-refractivity contribution in [3.63, 3.8) is 0 Å². The standard InChI is InChI=1S/C14H15N3/c1-9-5-6-13(8-15)14(7-9)17-12(4)10(2)11(3)16-17/h5-7H,1-4H3. The van der Waals surface area contributed by atoms with Gasteiger partial charge < -0.3 is 0 Å². The molecule has 0 atom stereocenters. The second-order valence-corrected chi connectivity index (χ2v) is 4.34. The summed E-state index contributed by atoms with van der Waals surface area (Å²) in [5, 5.41) is 13.6. The van der Waals surface area contributed by atoms with E-state index in [9.17, 15) is 0 Å². The lowest BCUT2D eigenvalue weighted by Crippen LogP contribution is -2.02. The minimum absolute atomic E-state index is 0.654. The number of nitrogens with zero attached hydrogens (tertiary/aromatic N) is 3. The first-order valence-corrected chi connectivity index (χ1v) is 5.58. The molecule has 0 aliphatic rings. The van der Waals surface area contributed by atoms with Crippen LogP contribution in [-0.4, -0.2) is 9.78 Å². The summed E-state index contributed by atoms with van der Waals surface area (Å²) in [6.07, 6.45) is 0. The smallest absolute Gasteiger partial charge is 0.101 e. The lowest BCUT2D eigenvalue weighted by molar-refractivity contribution is 0.829. The Morgan fingerprint density at radius 3 is 2.41 bits per heavy atom. The molecular formula is C14H15N3. The van der Waals surface area contributed by atoms with E-state index in [4.69, 9.17) is 5.26 Å². The van der Waals surface area contributed by atoms with Crippen molar-refractivity contribution in [1.82, 2.24) is 9.78 Å². The van der Waals surface area contributed by atoms with E-state index >= 15 is 0 Å². The predicted molar refractivity (Wildman–Crippen MR) is 67.2 cm³/mol. The highest BCUT2D eigenvalue weighted by atomic mass is 15.3. The van der Waals surface area contributed by atoms with Gasteiger partial charge in [0.1, 0.15) is 6.07 Å². The molecule has 0 saturated heterocycles. The summed E-state index contributed by atoms with van der Waals surface area (Å²) in [4.78, 5) is 0. The van der Waals surface area contributed by atoms with Gasteiger partial charge in [-0.05, 0) is 51.0 Å². The van der Waals surface area contributed by atoms with Crippen LogP contribution in [0.2, 0.25) is 0 Å². The van der Waals surface area contributed by atoms with Gasteiger partial charge in [0.2, 0.25) is 0 Å². The van der Waals surface area contributed by atoms with Gasteiger partial charge in [-0.15, -0.1) is 0 Å². The monoisotopic (exact) mass is 225 g/mol. The van der Waals surface area contributed by atoms with Crippen LogP contribution >= 0.6 is 0 Å². The van der Waals surface area contributed by atoms with Gasteiger partial charge in [-0.3, -0.25) is 0 Å². The minimum atomic E-state index is 0.654. The second-order valence-electron chi connectivity index (χ2n) is 4.34. The first kappa shape index (κ1) is 11.4. The van der Waals surface area contributed by atoms with E-state index < -0.39 is 0 Å². The van der Waals surface area contributed by atoms with Gasteiger partial charge in [-0.1, -0.05) is 6.07 Å². The Morgan fingerprint density at radius 1 is 1.18 bits per heavy atom. The number of rotatable bonds is 1. The van der Waals surface area contributed by atoms with Crippen molar-refractivity contribution in [2.75, 3.05) is 0 Å². The van der Waals surface area contributed by atoms with Crippen LogP contribution in [0.25, 0.3) is 5.69 Å². The second kappa shape index (κ2) is 4.06. The van der Waals surface area contributed by atoms with Crippen molar-refractivity contribution in [3.05, 3.63) is 46.3 Å². The zero-order valence-electron chi connectivity index (χ0n) is 10.6. The molecule has 1 heterocycles. The first-order chi connectivity index (χ1) is 8.04. The molecule has 1 aromatic heterocycles. The lowest BCUT2D eigenvalue weighted by Gasteiger charge is -2.07. The molecule has 86 valence electrons. The van der Waals surface area contributed by atoms with E-state index in [0.717, 1.165) is 22.6 Å². The van der Waals surface area contributed by atoms with Crippen molar-refractivity contribution < 1.29 is 0 Å². The largest absolute Gasteiger partial charge is 0.236 e. The van der Waals surface area contributed by atoms with Gasteiger partial charge in [0.25, 0.3) is 0 Å². The van der Waals surface area contributed by atoms with Crippen LogP contribution in [0.3, 0.4) is 0 Å². The molecule has 0 bridgehead atoms. The van der Waals surface area contributed by atoms with Gasteiger partial charge in [0, 0.05) is 5.69 Å². The van der Waals surface area contributed by atoms with Crippen LogP contribution in [0.1, 0.15) is 28.1 Å². The molecule has 17 heavy (non-hydrogen) atoms. The summed E-state index contributed by atoms with van der Waals surface area (Å²) in [7, 11) is 0. The van der Waals surface area contributed by atoms with Crippen molar-refractivity contribution in [2.24, 2.45) is 0 Å². The molecule has 0 fully saturated rings. The summed E-state index contributed by atoms with van der Waals surface area (Å²) < 4.78 is 1.86. The maximum atomic E-state index is 9.15. The molecule has 0 unspecified atom stereocenters. The van der Waals surface area contributed by atoms with Gasteiger partial charge >= 0.3 is 0 Å². The maximum absolute atomic E-state index is 9.15. The number of hydrogen-bond acceptors (Lipinski definition) is 2. The van der Waals surface area contributed by atoms with Gasteiger partial charge in [0.05, 0.1) is 16.9 Å². The molecular weight excluding hydrogens is 210 g/mol. The molecule has 0 spiro atoms. The summed E-state index contributed by atoms with van der Waals surface area (Å²) in [6, 6.07) is 8.00. The molecule has 0 N–H and O–H groups in total. The highest BCUT2D eigenvalue weighted by molar-refractivity contribution is 5.51. The highest BCUT2D eigenvalue weighted by Crippen LogP contribution is 2.20. The van der Waals surface area contributed by atoms with Gasteiger partial charge in [-0.25, -0.2) is 4.68 Å². The molecule has 3 heteroatoms. The number of hydrogen-bond donors (Lipinski definition) is 0. The Kier molecular flexibility index (Phi) is 2.72. The summed E-state index contributed by atoms with van der Waals surface area (Å²) in [5.41, 5.74) is 5.92. The van der Waals surface area contributed by atoms with E-state index in [1.165, 1.54) is 5.56 Å². The number of aromatic nitrogens is 2. The van der Waals surface area contributed by atoms with Crippen LogP contribution in [0.4, 0.5) is 0 Å². The average Bonchev–Trinajstić information content (AvgIpc) is 2.57. The number of nitriles is 1. The molecule has 0 radical (unpaired) electrons. The zero-order valence-corrected chi connectivity index (χ0v) is 10.6. The molecule has 0 aliphatic heterocycles. The average molecular weight is 225 g/mol. The fourth-order valence-electron chi connectivity index (χ4n) is 1.87. The number of aryl methyl sites for hydroxylation is 2. The van der Waals surface area contributed by atoms with Crippen LogP contribution in [0.5, 0.6) is 0 Å². The van der Waals surface area contributed by atoms with E-state index in [-0.39, 0.29) is 0 Å². The fourth-order valence-corrected chi connectivity index (χ4v) is 1.87. The van der Waals surface area contributed by atoms with Gasteiger partial charge in [-0.2, -0.15) is 10.4 Å². The van der Waals surface area contributed by atoms with Crippen LogP contribution < -0.4 is 0 Å². The quantitative estimate of drug-likeness (QED) is 0.748. The van der Waals surface area contributed by atoms with Crippen LogP contribution in [-0.2, 0) is 0 Å². The Balaban J connectivity index is 2.72. The molecule has 0 amide bonds. The molecule has 1 aromatic carbocycles. The molecule has 0 saturated carbocycles. The normalized spacial score (nSPS) is 10.3. The molecule has 3 nitrogen and oxygen atoms in total. The predicted octanol–water partition coefficient (Wildman–Crippen LogP) is 2.98. The third-order valence-corrected chi connectivity index (χ3v) is 3.15. The Bertz CT molecular complexity index is 615. The van der Waals surface area contributed by atoms with E-state index in [2.05, 4.69) is 18.1 Å². The maximum Gasteiger partial charge on any atom is 0.101 e. The zero-order chi connectivity index (χ0) is 12.6. The Hall–Kier alpha value is -2.08. The SMILES string of the molecule is Cc1ccc(C#N)c(-n2nc(C)c(C)c2C)c1. The Morgan fingerprint density at radius 2 is 1.88 bits per heavy atom. The van der Waals surface area contributed by atoms with Crippen molar-refractivity contribution in [3.8, 4) is 11.8 Å². The third-order valence-electron chi connectivity index (χ3n) is 3.15. The summed E-state index contributed by atoms with van der Waals surface area (Å²) in [6.45, 7) is 8.08. The van der Waals surface area contributed by atoms with Crippen molar-refractivity contribution in [2.45, 2.75) is 27.7 Å². The summed E-state index contributed by atoms with van der Waals surface area (Å²) >= 11 is 0. The lowest BCUT2D eigenvalue weighted by atomic mass is 10.1. The molecule has 2 aromatic rings. The minimum Gasteiger partial charge on any atom is -0.236 e. The summed E-state index contributed by atoms with van der Waals surface area (Å²) in [5.74, 6) is 0. The van der Waals surface area contributed by atoms with Gasteiger partial charge in [0.15, 0.2) is 0 Å². The third kappa shape index (κ3) is 1.83. The van der Waals surface area contributed by atoms with E-state index in [1.807, 2.05) is 43.7 Å². The van der Waals surface area contributed by atoms with Crippen molar-refractivity contribution >= 4 is 0 Å². The van der Waals surface area contributed by atoms with Crippen molar-refractivity contribution in [1.29, 1.82) is 5.26 Å². The first-order valence-electron chi connectivity index (χ1n) is 5.58. The van der Waals surface area contributed by atoms with Crippen LogP contribution in [0, 0.1) is 39.0 Å². The highest BCUT2D eigenvalue weighted by Gasteiger charge is 2.12. The van der Waals surface area contributed by atoms with Crippen LogP contribution in [0.15, 0.2) is 18.2 Å². The van der Waals surface area contributed by atoms with E-state index in [0.29, 0.717) is 5.56 Å².